The third-order valence-corrected chi connectivity index (χ3v) is 3.50. The molecule has 0 aliphatic rings. The quantitative estimate of drug-likeness (QED) is 0.805. The molecule has 1 atom stereocenters. The first kappa shape index (κ1) is 17.8. The third kappa shape index (κ3) is 5.24. The topological polar surface area (TPSA) is 21.3 Å². The van der Waals surface area contributed by atoms with Gasteiger partial charge in [-0.25, -0.2) is 0 Å². The van der Waals surface area contributed by atoms with Crippen LogP contribution in [0, 0.1) is 0 Å². The van der Waals surface area contributed by atoms with E-state index in [1.165, 1.54) is 5.56 Å². The summed E-state index contributed by atoms with van der Waals surface area (Å²) < 4.78 is 5.43. The molecule has 0 bridgehead atoms. The second-order valence-corrected chi connectivity index (χ2v) is 5.12. The van der Waals surface area contributed by atoms with Crippen LogP contribution in [0.15, 0.2) is 48.5 Å². The van der Waals surface area contributed by atoms with Gasteiger partial charge in [0.25, 0.3) is 0 Å². The summed E-state index contributed by atoms with van der Waals surface area (Å²) >= 11 is 6.19. The van der Waals surface area contributed by atoms with Crippen LogP contribution in [0.3, 0.4) is 0 Å². The molecule has 2 aromatic carbocycles. The van der Waals surface area contributed by atoms with Gasteiger partial charge in [-0.05, 0) is 37.1 Å². The summed E-state index contributed by atoms with van der Waals surface area (Å²) in [6.07, 6.45) is 0. The standard InChI is InChI=1S/C17H20ClNO.ClH/c1-3-20-17-10-9-14(11-16(17)18)12-19-13(2)15-7-5-4-6-8-15;/h4-11,13,19H,3,12H2,1-2H3;1H. The number of halogens is 2. The van der Waals surface area contributed by atoms with E-state index < -0.39 is 0 Å². The lowest BCUT2D eigenvalue weighted by molar-refractivity contribution is 0.340. The van der Waals surface area contributed by atoms with Crippen LogP contribution in [0.2, 0.25) is 5.02 Å². The van der Waals surface area contributed by atoms with Crippen molar-refractivity contribution in [2.24, 2.45) is 0 Å². The molecule has 1 unspecified atom stereocenters. The second-order valence-electron chi connectivity index (χ2n) is 4.71. The maximum atomic E-state index is 6.19. The molecular formula is C17H21Cl2NO. The number of nitrogens with one attached hydrogen (secondary N) is 1. The van der Waals surface area contributed by atoms with E-state index in [4.69, 9.17) is 16.3 Å². The van der Waals surface area contributed by atoms with E-state index in [9.17, 15) is 0 Å². The lowest BCUT2D eigenvalue weighted by Gasteiger charge is -2.15. The van der Waals surface area contributed by atoms with Gasteiger partial charge in [0.05, 0.1) is 11.6 Å². The largest absolute Gasteiger partial charge is 0.492 e. The van der Waals surface area contributed by atoms with Crippen LogP contribution in [0.1, 0.15) is 31.0 Å². The highest BCUT2D eigenvalue weighted by molar-refractivity contribution is 6.32. The summed E-state index contributed by atoms with van der Waals surface area (Å²) in [5, 5.41) is 4.16. The van der Waals surface area contributed by atoms with Crippen LogP contribution in [0.4, 0.5) is 0 Å². The maximum Gasteiger partial charge on any atom is 0.137 e. The summed E-state index contributed by atoms with van der Waals surface area (Å²) in [7, 11) is 0. The van der Waals surface area contributed by atoms with E-state index in [1.54, 1.807) is 0 Å². The Morgan fingerprint density at radius 1 is 1.14 bits per heavy atom. The van der Waals surface area contributed by atoms with Crippen LogP contribution >= 0.6 is 24.0 Å². The van der Waals surface area contributed by atoms with E-state index in [2.05, 4.69) is 36.5 Å². The van der Waals surface area contributed by atoms with Crippen molar-refractivity contribution >= 4 is 24.0 Å². The Morgan fingerprint density at radius 2 is 1.86 bits per heavy atom. The zero-order valence-corrected chi connectivity index (χ0v) is 13.9. The van der Waals surface area contributed by atoms with Crippen LogP contribution in [0.25, 0.3) is 0 Å². The summed E-state index contributed by atoms with van der Waals surface area (Å²) in [6, 6.07) is 16.6. The van der Waals surface area contributed by atoms with Gasteiger partial charge in [0.2, 0.25) is 0 Å². The van der Waals surface area contributed by atoms with Crippen molar-refractivity contribution < 1.29 is 4.74 Å². The summed E-state index contributed by atoms with van der Waals surface area (Å²) in [4.78, 5) is 0. The Hall–Kier alpha value is -1.22. The van der Waals surface area contributed by atoms with E-state index in [-0.39, 0.29) is 12.4 Å². The number of hydrogen-bond donors (Lipinski definition) is 1. The van der Waals surface area contributed by atoms with E-state index in [0.717, 1.165) is 17.9 Å². The minimum Gasteiger partial charge on any atom is -0.492 e. The average Bonchev–Trinajstić information content (AvgIpc) is 2.48. The van der Waals surface area contributed by atoms with E-state index in [1.807, 2.05) is 31.2 Å². The van der Waals surface area contributed by atoms with Gasteiger partial charge in [0.1, 0.15) is 5.75 Å². The minimum atomic E-state index is 0. The molecule has 4 heteroatoms. The smallest absolute Gasteiger partial charge is 0.137 e. The van der Waals surface area contributed by atoms with Crippen LogP contribution in [0.5, 0.6) is 5.75 Å². The van der Waals surface area contributed by atoms with Crippen molar-refractivity contribution in [2.45, 2.75) is 26.4 Å². The first-order valence-electron chi connectivity index (χ1n) is 6.90. The molecule has 2 aromatic rings. The molecule has 0 radical (unpaired) electrons. The maximum absolute atomic E-state index is 6.19. The van der Waals surface area contributed by atoms with Gasteiger partial charge in [-0.2, -0.15) is 0 Å². The Kier molecular flexibility index (Phi) is 7.58. The summed E-state index contributed by atoms with van der Waals surface area (Å²) in [5.41, 5.74) is 2.44. The molecule has 114 valence electrons. The Morgan fingerprint density at radius 3 is 2.48 bits per heavy atom. The zero-order valence-electron chi connectivity index (χ0n) is 12.3. The third-order valence-electron chi connectivity index (χ3n) is 3.21. The van der Waals surface area contributed by atoms with Gasteiger partial charge in [-0.1, -0.05) is 48.0 Å². The molecule has 0 saturated heterocycles. The molecule has 0 amide bonds. The van der Waals surface area contributed by atoms with Crippen molar-refractivity contribution in [3.63, 3.8) is 0 Å². The molecule has 0 spiro atoms. The molecule has 1 N–H and O–H groups in total. The molecule has 0 aliphatic carbocycles. The molecule has 0 heterocycles. The van der Waals surface area contributed by atoms with E-state index >= 15 is 0 Å². The molecule has 0 saturated carbocycles. The number of hydrogen-bond acceptors (Lipinski definition) is 2. The molecular weight excluding hydrogens is 305 g/mol. The van der Waals surface area contributed by atoms with Crippen LogP contribution < -0.4 is 10.1 Å². The Labute approximate surface area is 137 Å². The summed E-state index contributed by atoms with van der Waals surface area (Å²) in [5.74, 6) is 0.744. The number of rotatable bonds is 6. The summed E-state index contributed by atoms with van der Waals surface area (Å²) in [6.45, 7) is 5.52. The molecule has 21 heavy (non-hydrogen) atoms. The van der Waals surface area contributed by atoms with Crippen molar-refractivity contribution in [3.05, 3.63) is 64.7 Å². The number of benzene rings is 2. The van der Waals surface area contributed by atoms with Crippen molar-refractivity contribution in [3.8, 4) is 5.75 Å². The van der Waals surface area contributed by atoms with Gasteiger partial charge in [-0.3, -0.25) is 0 Å². The fraction of sp³-hybridized carbons (Fsp3) is 0.294. The lowest BCUT2D eigenvalue weighted by Crippen LogP contribution is -2.17. The predicted molar refractivity (Wildman–Crippen MR) is 91.6 cm³/mol. The highest BCUT2D eigenvalue weighted by Crippen LogP contribution is 2.25. The monoisotopic (exact) mass is 325 g/mol. The van der Waals surface area contributed by atoms with Gasteiger partial charge < -0.3 is 10.1 Å². The molecule has 0 fully saturated rings. The first-order valence-corrected chi connectivity index (χ1v) is 7.28. The molecule has 2 nitrogen and oxygen atoms in total. The molecule has 0 aromatic heterocycles. The van der Waals surface area contributed by atoms with Crippen molar-refractivity contribution in [1.29, 1.82) is 0 Å². The SMILES string of the molecule is CCOc1ccc(CNC(C)c2ccccc2)cc1Cl.Cl. The minimum absolute atomic E-state index is 0. The normalized spacial score (nSPS) is 11.6. The second kappa shape index (κ2) is 8.93. The Bertz CT molecular complexity index is 546. The first-order chi connectivity index (χ1) is 9.70. The van der Waals surface area contributed by atoms with Gasteiger partial charge in [0, 0.05) is 12.6 Å². The molecule has 0 aliphatic heterocycles. The lowest BCUT2D eigenvalue weighted by atomic mass is 10.1. The van der Waals surface area contributed by atoms with Crippen LogP contribution in [-0.2, 0) is 6.54 Å². The fourth-order valence-electron chi connectivity index (χ4n) is 2.06. The highest BCUT2D eigenvalue weighted by Gasteiger charge is 2.06. The van der Waals surface area contributed by atoms with Crippen LogP contribution in [-0.4, -0.2) is 6.61 Å². The van der Waals surface area contributed by atoms with E-state index in [0.29, 0.717) is 17.7 Å². The highest BCUT2D eigenvalue weighted by atomic mass is 35.5. The molecule has 2 rings (SSSR count). The Balaban J connectivity index is 0.00000220. The van der Waals surface area contributed by atoms with Crippen molar-refractivity contribution in [1.82, 2.24) is 5.32 Å². The van der Waals surface area contributed by atoms with Crippen molar-refractivity contribution in [2.75, 3.05) is 6.61 Å². The predicted octanol–water partition coefficient (Wildman–Crippen LogP) is 5.01. The number of ether oxygens (including phenoxy) is 1. The van der Waals surface area contributed by atoms with Gasteiger partial charge >= 0.3 is 0 Å². The fourth-order valence-corrected chi connectivity index (χ4v) is 2.32. The van der Waals surface area contributed by atoms with Gasteiger partial charge in [-0.15, -0.1) is 12.4 Å². The average molecular weight is 326 g/mol. The van der Waals surface area contributed by atoms with Gasteiger partial charge in [0.15, 0.2) is 0 Å². The zero-order chi connectivity index (χ0) is 14.4.